The fourth-order valence-electron chi connectivity index (χ4n) is 2.00. The van der Waals surface area contributed by atoms with E-state index in [9.17, 15) is 0 Å². The molecule has 0 bridgehead atoms. The number of nitrogens with two attached hydrogens (primary N) is 1. The number of rotatable bonds is 10. The Balaban J connectivity index is 2.20. The van der Waals surface area contributed by atoms with Crippen molar-refractivity contribution in [3.63, 3.8) is 0 Å². The molecule has 0 fully saturated rings. The summed E-state index contributed by atoms with van der Waals surface area (Å²) >= 11 is 6.14. The van der Waals surface area contributed by atoms with Crippen LogP contribution in [0.4, 0.5) is 0 Å². The lowest BCUT2D eigenvalue weighted by molar-refractivity contribution is 0.117. The van der Waals surface area contributed by atoms with E-state index in [2.05, 4.69) is 6.92 Å². The second-order valence-electron chi connectivity index (χ2n) is 5.04. The van der Waals surface area contributed by atoms with Gasteiger partial charge in [-0.25, -0.2) is 0 Å². The van der Waals surface area contributed by atoms with Crippen molar-refractivity contribution in [3.05, 3.63) is 34.3 Å². The van der Waals surface area contributed by atoms with Crippen LogP contribution < -0.4 is 5.73 Å². The third-order valence-electron chi connectivity index (χ3n) is 3.26. The third kappa shape index (κ3) is 6.40. The van der Waals surface area contributed by atoms with E-state index in [1.165, 1.54) is 32.1 Å². The van der Waals surface area contributed by atoms with Crippen LogP contribution >= 0.6 is 11.6 Å². The second-order valence-corrected chi connectivity index (χ2v) is 5.45. The highest BCUT2D eigenvalue weighted by atomic mass is 35.5. The van der Waals surface area contributed by atoms with Gasteiger partial charge in [0, 0.05) is 17.2 Å². The van der Waals surface area contributed by atoms with Gasteiger partial charge in [-0.3, -0.25) is 5.41 Å². The molecule has 0 unspecified atom stereocenters. The summed E-state index contributed by atoms with van der Waals surface area (Å²) in [6, 6.07) is 5.39. The van der Waals surface area contributed by atoms with E-state index < -0.39 is 0 Å². The number of unbranched alkanes of at least 4 members (excludes halogenated alkanes) is 5. The summed E-state index contributed by atoms with van der Waals surface area (Å²) in [5.41, 5.74) is 7.01. The fraction of sp³-hybridized carbons (Fsp3) is 0.562. The van der Waals surface area contributed by atoms with Gasteiger partial charge in [0.25, 0.3) is 0 Å². The summed E-state index contributed by atoms with van der Waals surface area (Å²) in [5.74, 6) is 0.0337. The van der Waals surface area contributed by atoms with Crippen LogP contribution in [-0.2, 0) is 11.3 Å². The number of hydrogen-bond acceptors (Lipinski definition) is 2. The molecule has 0 heterocycles. The quantitative estimate of drug-likeness (QED) is 0.379. The monoisotopic (exact) mass is 296 g/mol. The predicted molar refractivity (Wildman–Crippen MR) is 85.5 cm³/mol. The van der Waals surface area contributed by atoms with Crippen LogP contribution in [0.25, 0.3) is 0 Å². The Hall–Kier alpha value is -1.06. The lowest BCUT2D eigenvalue weighted by Gasteiger charge is -2.08. The van der Waals surface area contributed by atoms with Gasteiger partial charge in [-0.05, 0) is 18.1 Å². The number of nitrogen functional groups attached to an aromatic ring is 1. The molecule has 0 aliphatic rings. The smallest absolute Gasteiger partial charge is 0.122 e. The van der Waals surface area contributed by atoms with Gasteiger partial charge >= 0.3 is 0 Å². The minimum absolute atomic E-state index is 0.0337. The van der Waals surface area contributed by atoms with Crippen LogP contribution in [0.3, 0.4) is 0 Å². The minimum atomic E-state index is 0.0337. The average Bonchev–Trinajstić information content (AvgIpc) is 2.43. The first-order chi connectivity index (χ1) is 9.65. The molecular weight excluding hydrogens is 272 g/mol. The number of nitrogens with one attached hydrogen (secondary N) is 1. The zero-order chi connectivity index (χ0) is 14.8. The van der Waals surface area contributed by atoms with Gasteiger partial charge in [0.05, 0.1) is 6.61 Å². The average molecular weight is 297 g/mol. The summed E-state index contributed by atoms with van der Waals surface area (Å²) in [4.78, 5) is 0. The van der Waals surface area contributed by atoms with Crippen LogP contribution in [0.15, 0.2) is 18.2 Å². The molecular formula is C16H25ClN2O. The number of amidine groups is 1. The standard InChI is InChI=1S/C16H25ClN2O/c1-2-3-4-5-6-7-10-20-12-14-9-8-13(16(18)19)11-15(14)17/h8-9,11H,2-7,10,12H2,1H3,(H3,18,19). The number of hydrogen-bond donors (Lipinski definition) is 2. The molecule has 20 heavy (non-hydrogen) atoms. The lowest BCUT2D eigenvalue weighted by Crippen LogP contribution is -2.11. The summed E-state index contributed by atoms with van der Waals surface area (Å²) in [7, 11) is 0. The minimum Gasteiger partial charge on any atom is -0.384 e. The van der Waals surface area contributed by atoms with Gasteiger partial charge in [-0.1, -0.05) is 62.8 Å². The maximum Gasteiger partial charge on any atom is 0.122 e. The second kappa shape index (κ2) is 9.78. The molecule has 0 aromatic heterocycles. The van der Waals surface area contributed by atoms with Gasteiger partial charge in [-0.2, -0.15) is 0 Å². The van der Waals surface area contributed by atoms with Crippen molar-refractivity contribution in [1.29, 1.82) is 5.41 Å². The fourth-order valence-corrected chi connectivity index (χ4v) is 2.23. The molecule has 0 aliphatic carbocycles. The summed E-state index contributed by atoms with van der Waals surface area (Å²) in [5, 5.41) is 7.96. The van der Waals surface area contributed by atoms with E-state index in [1.54, 1.807) is 12.1 Å². The number of benzene rings is 1. The third-order valence-corrected chi connectivity index (χ3v) is 3.62. The van der Waals surface area contributed by atoms with E-state index >= 15 is 0 Å². The van der Waals surface area contributed by atoms with Crippen molar-refractivity contribution >= 4 is 17.4 Å². The SMILES string of the molecule is CCCCCCCCOCc1ccc(C(=N)N)cc1Cl. The molecule has 112 valence electrons. The molecule has 0 radical (unpaired) electrons. The Morgan fingerprint density at radius 2 is 1.90 bits per heavy atom. The van der Waals surface area contributed by atoms with Crippen molar-refractivity contribution < 1.29 is 4.74 Å². The topological polar surface area (TPSA) is 59.1 Å². The Bertz CT molecular complexity index is 421. The van der Waals surface area contributed by atoms with Gasteiger partial charge < -0.3 is 10.5 Å². The molecule has 1 aromatic rings. The van der Waals surface area contributed by atoms with Crippen LogP contribution in [0.2, 0.25) is 5.02 Å². The van der Waals surface area contributed by atoms with Crippen molar-refractivity contribution in [2.24, 2.45) is 5.73 Å². The van der Waals surface area contributed by atoms with Gasteiger partial charge in [0.15, 0.2) is 0 Å². The van der Waals surface area contributed by atoms with Crippen molar-refractivity contribution in [2.45, 2.75) is 52.1 Å². The van der Waals surface area contributed by atoms with E-state index in [-0.39, 0.29) is 5.84 Å². The first-order valence-electron chi connectivity index (χ1n) is 7.35. The summed E-state index contributed by atoms with van der Waals surface area (Å²) < 4.78 is 5.64. The van der Waals surface area contributed by atoms with Crippen LogP contribution in [0, 0.1) is 5.41 Å². The number of halogens is 1. The summed E-state index contributed by atoms with van der Waals surface area (Å²) in [6.07, 6.45) is 7.58. The largest absolute Gasteiger partial charge is 0.384 e. The van der Waals surface area contributed by atoms with Crippen molar-refractivity contribution in [1.82, 2.24) is 0 Å². The Morgan fingerprint density at radius 3 is 2.55 bits per heavy atom. The maximum absolute atomic E-state index is 7.35. The molecule has 4 heteroatoms. The molecule has 0 saturated carbocycles. The molecule has 0 atom stereocenters. The first-order valence-corrected chi connectivity index (χ1v) is 7.73. The normalized spacial score (nSPS) is 10.7. The van der Waals surface area contributed by atoms with E-state index in [0.29, 0.717) is 17.2 Å². The van der Waals surface area contributed by atoms with Crippen LogP contribution in [0.1, 0.15) is 56.6 Å². The van der Waals surface area contributed by atoms with Gasteiger partial charge in [0.2, 0.25) is 0 Å². The van der Waals surface area contributed by atoms with Crippen molar-refractivity contribution in [3.8, 4) is 0 Å². The highest BCUT2D eigenvalue weighted by Crippen LogP contribution is 2.19. The predicted octanol–water partition coefficient (Wildman–Crippen LogP) is 4.50. The molecule has 0 spiro atoms. The zero-order valence-electron chi connectivity index (χ0n) is 12.3. The molecule has 1 aromatic carbocycles. The lowest BCUT2D eigenvalue weighted by atomic mass is 10.1. The van der Waals surface area contributed by atoms with Crippen LogP contribution in [-0.4, -0.2) is 12.4 Å². The maximum atomic E-state index is 7.35. The first kappa shape index (κ1) is 17.0. The van der Waals surface area contributed by atoms with E-state index in [4.69, 9.17) is 27.5 Å². The highest BCUT2D eigenvalue weighted by Gasteiger charge is 2.04. The Labute approximate surface area is 127 Å². The highest BCUT2D eigenvalue weighted by molar-refractivity contribution is 6.31. The van der Waals surface area contributed by atoms with Crippen LogP contribution in [0.5, 0.6) is 0 Å². The molecule has 0 amide bonds. The Kier molecular flexibility index (Phi) is 8.31. The summed E-state index contributed by atoms with van der Waals surface area (Å²) in [6.45, 7) is 3.52. The molecule has 1 rings (SSSR count). The molecule has 0 aliphatic heterocycles. The number of ether oxygens (including phenoxy) is 1. The van der Waals surface area contributed by atoms with E-state index in [0.717, 1.165) is 18.6 Å². The zero-order valence-corrected chi connectivity index (χ0v) is 13.0. The molecule has 3 N–H and O–H groups in total. The van der Waals surface area contributed by atoms with E-state index in [1.807, 2.05) is 6.07 Å². The van der Waals surface area contributed by atoms with Gasteiger partial charge in [0.1, 0.15) is 5.84 Å². The van der Waals surface area contributed by atoms with Gasteiger partial charge in [-0.15, -0.1) is 0 Å². The molecule has 0 saturated heterocycles. The van der Waals surface area contributed by atoms with Crippen molar-refractivity contribution in [2.75, 3.05) is 6.61 Å². The Morgan fingerprint density at radius 1 is 1.20 bits per heavy atom. The molecule has 3 nitrogen and oxygen atoms in total.